The van der Waals surface area contributed by atoms with Gasteiger partial charge in [0, 0.05) is 27.6 Å². The minimum absolute atomic E-state index is 0.00807. The number of hydrogen-bond acceptors (Lipinski definition) is 4. The Kier molecular flexibility index (Phi) is 7.08. The Morgan fingerprint density at radius 2 is 1.53 bits per heavy atom. The molecular formula is C32H29BrN2O3. The number of benzene rings is 4. The molecule has 1 atom stereocenters. The summed E-state index contributed by atoms with van der Waals surface area (Å²) >= 11 is 3.81. The van der Waals surface area contributed by atoms with Crippen LogP contribution in [-0.4, -0.2) is 18.6 Å². The standard InChI is InChI=1S/C32H29BrN2O3/c1-36-29-17-26(27(33)18-30(29)38-20-22-10-6-3-7-11-22)31-32-24(14-15-34-31)25-16-23(12-13-28(25)35-32)37-19-21-8-4-2-5-9-21/h2-13,16-18,31,34-35H,14-15,19-20H2,1H3. The molecule has 5 aromatic rings. The highest BCUT2D eigenvalue weighted by Gasteiger charge is 2.28. The van der Waals surface area contributed by atoms with Gasteiger partial charge in [-0.15, -0.1) is 0 Å². The van der Waals surface area contributed by atoms with Crippen LogP contribution in [0, 0.1) is 0 Å². The normalized spacial score (nSPS) is 14.7. The second-order valence-electron chi connectivity index (χ2n) is 9.43. The lowest BCUT2D eigenvalue weighted by Gasteiger charge is -2.26. The molecule has 6 heteroatoms. The van der Waals surface area contributed by atoms with Crippen LogP contribution >= 0.6 is 15.9 Å². The van der Waals surface area contributed by atoms with E-state index in [9.17, 15) is 0 Å². The molecule has 5 nitrogen and oxygen atoms in total. The molecule has 192 valence electrons. The first-order valence-corrected chi connectivity index (χ1v) is 13.6. The summed E-state index contributed by atoms with van der Waals surface area (Å²) in [6.07, 6.45) is 0.945. The van der Waals surface area contributed by atoms with Crippen LogP contribution in [-0.2, 0) is 19.6 Å². The van der Waals surface area contributed by atoms with E-state index in [0.717, 1.165) is 45.4 Å². The number of halogens is 1. The third-order valence-corrected chi connectivity index (χ3v) is 7.69. The first-order valence-electron chi connectivity index (χ1n) is 12.8. The predicted molar refractivity (Wildman–Crippen MR) is 154 cm³/mol. The molecule has 2 N–H and O–H groups in total. The fraction of sp³-hybridized carbons (Fsp3) is 0.188. The molecule has 0 amide bonds. The fourth-order valence-electron chi connectivity index (χ4n) is 5.08. The first kappa shape index (κ1) is 24.6. The molecular weight excluding hydrogens is 540 g/mol. The lowest BCUT2D eigenvalue weighted by molar-refractivity contribution is 0.284. The van der Waals surface area contributed by atoms with Crippen LogP contribution < -0.4 is 19.5 Å². The summed E-state index contributed by atoms with van der Waals surface area (Å²) in [6.45, 7) is 1.90. The van der Waals surface area contributed by atoms with E-state index < -0.39 is 0 Å². The second-order valence-corrected chi connectivity index (χ2v) is 10.3. The third kappa shape index (κ3) is 5.02. The van der Waals surface area contributed by atoms with Gasteiger partial charge in [-0.25, -0.2) is 0 Å². The Balaban J connectivity index is 1.28. The Labute approximate surface area is 230 Å². The Hall–Kier alpha value is -3.74. The van der Waals surface area contributed by atoms with Crippen LogP contribution in [0.15, 0.2) is 95.5 Å². The molecule has 0 saturated carbocycles. The number of rotatable bonds is 8. The van der Waals surface area contributed by atoms with Crippen molar-refractivity contribution in [2.45, 2.75) is 25.7 Å². The quantitative estimate of drug-likeness (QED) is 0.206. The van der Waals surface area contributed by atoms with Crippen molar-refractivity contribution in [2.75, 3.05) is 13.7 Å². The highest BCUT2D eigenvalue weighted by atomic mass is 79.9. The van der Waals surface area contributed by atoms with Crippen molar-refractivity contribution >= 4 is 26.8 Å². The molecule has 2 heterocycles. The van der Waals surface area contributed by atoms with E-state index in [1.165, 1.54) is 16.6 Å². The van der Waals surface area contributed by atoms with Gasteiger partial charge in [-0.2, -0.15) is 0 Å². The molecule has 0 bridgehead atoms. The number of fused-ring (bicyclic) bond motifs is 3. The van der Waals surface area contributed by atoms with Crippen molar-refractivity contribution in [1.82, 2.24) is 10.3 Å². The van der Waals surface area contributed by atoms with E-state index in [1.807, 2.05) is 48.5 Å². The maximum Gasteiger partial charge on any atom is 0.162 e. The molecule has 0 saturated heterocycles. The van der Waals surface area contributed by atoms with E-state index >= 15 is 0 Å². The van der Waals surface area contributed by atoms with E-state index in [4.69, 9.17) is 14.2 Å². The van der Waals surface area contributed by atoms with E-state index in [1.54, 1.807) is 7.11 Å². The van der Waals surface area contributed by atoms with Crippen molar-refractivity contribution in [2.24, 2.45) is 0 Å². The van der Waals surface area contributed by atoms with Crippen molar-refractivity contribution in [1.29, 1.82) is 0 Å². The van der Waals surface area contributed by atoms with E-state index in [0.29, 0.717) is 24.7 Å². The number of aromatic nitrogens is 1. The van der Waals surface area contributed by atoms with Gasteiger partial charge in [-0.05, 0) is 59.0 Å². The van der Waals surface area contributed by atoms with Gasteiger partial charge in [-0.3, -0.25) is 0 Å². The molecule has 0 aliphatic carbocycles. The maximum absolute atomic E-state index is 6.13. The summed E-state index contributed by atoms with van der Waals surface area (Å²) in [5.74, 6) is 2.29. The Morgan fingerprint density at radius 3 is 2.24 bits per heavy atom. The predicted octanol–water partition coefficient (Wildman–Crippen LogP) is 7.33. The zero-order valence-corrected chi connectivity index (χ0v) is 22.8. The van der Waals surface area contributed by atoms with E-state index in [2.05, 4.69) is 68.7 Å². The van der Waals surface area contributed by atoms with Crippen LogP contribution in [0.3, 0.4) is 0 Å². The van der Waals surface area contributed by atoms with Crippen LogP contribution in [0.5, 0.6) is 17.2 Å². The summed E-state index contributed by atoms with van der Waals surface area (Å²) in [4.78, 5) is 3.68. The lowest BCUT2D eigenvalue weighted by atomic mass is 9.94. The average Bonchev–Trinajstić information content (AvgIpc) is 3.34. The Bertz CT molecular complexity index is 1550. The number of aromatic amines is 1. The van der Waals surface area contributed by atoms with Gasteiger partial charge in [0.2, 0.25) is 0 Å². The molecule has 0 spiro atoms. The summed E-state index contributed by atoms with van der Waals surface area (Å²) in [5.41, 5.74) is 6.97. The first-order chi connectivity index (χ1) is 18.7. The number of methoxy groups -OCH3 is 1. The topological polar surface area (TPSA) is 55.5 Å². The number of nitrogens with one attached hydrogen (secondary N) is 2. The second kappa shape index (κ2) is 10.9. The Morgan fingerprint density at radius 1 is 0.816 bits per heavy atom. The van der Waals surface area contributed by atoms with Crippen molar-refractivity contribution in [3.05, 3.63) is 123 Å². The van der Waals surface area contributed by atoms with Gasteiger partial charge in [0.15, 0.2) is 11.5 Å². The zero-order chi connectivity index (χ0) is 25.9. The third-order valence-electron chi connectivity index (χ3n) is 7.00. The van der Waals surface area contributed by atoms with Gasteiger partial charge in [-0.1, -0.05) is 76.6 Å². The fourth-order valence-corrected chi connectivity index (χ4v) is 5.63. The molecule has 0 fully saturated rings. The molecule has 1 aromatic heterocycles. The van der Waals surface area contributed by atoms with Crippen molar-refractivity contribution < 1.29 is 14.2 Å². The molecule has 1 unspecified atom stereocenters. The molecule has 1 aliphatic heterocycles. The average molecular weight is 569 g/mol. The summed E-state index contributed by atoms with van der Waals surface area (Å²) in [5, 5.41) is 4.91. The maximum atomic E-state index is 6.13. The zero-order valence-electron chi connectivity index (χ0n) is 21.2. The number of H-pyrrole nitrogens is 1. The highest BCUT2D eigenvalue weighted by Crippen LogP contribution is 2.41. The molecule has 4 aromatic carbocycles. The SMILES string of the molecule is COc1cc(C2NCCc3c2[nH]c2ccc(OCc4ccccc4)cc32)c(Br)cc1OCc1ccccc1. The number of ether oxygens (including phenoxy) is 3. The van der Waals surface area contributed by atoms with Crippen molar-refractivity contribution in [3.8, 4) is 17.2 Å². The molecule has 1 aliphatic rings. The van der Waals surface area contributed by atoms with Crippen LogP contribution in [0.1, 0.15) is 34.0 Å². The number of hydrogen-bond donors (Lipinski definition) is 2. The minimum Gasteiger partial charge on any atom is -0.493 e. The van der Waals surface area contributed by atoms with Crippen LogP contribution in [0.2, 0.25) is 0 Å². The van der Waals surface area contributed by atoms with Gasteiger partial charge in [0.05, 0.1) is 13.2 Å². The lowest BCUT2D eigenvalue weighted by Crippen LogP contribution is -2.30. The molecule has 0 radical (unpaired) electrons. The van der Waals surface area contributed by atoms with Crippen LogP contribution in [0.4, 0.5) is 0 Å². The summed E-state index contributed by atoms with van der Waals surface area (Å²) in [6, 6.07) is 30.8. The smallest absolute Gasteiger partial charge is 0.162 e. The summed E-state index contributed by atoms with van der Waals surface area (Å²) < 4.78 is 19.0. The van der Waals surface area contributed by atoms with E-state index in [-0.39, 0.29) is 6.04 Å². The largest absolute Gasteiger partial charge is 0.493 e. The van der Waals surface area contributed by atoms with Gasteiger partial charge >= 0.3 is 0 Å². The van der Waals surface area contributed by atoms with Gasteiger partial charge in [0.1, 0.15) is 19.0 Å². The minimum atomic E-state index is -0.00807. The highest BCUT2D eigenvalue weighted by molar-refractivity contribution is 9.10. The van der Waals surface area contributed by atoms with Crippen LogP contribution in [0.25, 0.3) is 10.9 Å². The molecule has 6 rings (SSSR count). The molecule has 38 heavy (non-hydrogen) atoms. The summed E-state index contributed by atoms with van der Waals surface area (Å²) in [7, 11) is 1.68. The van der Waals surface area contributed by atoms with Gasteiger partial charge in [0.25, 0.3) is 0 Å². The van der Waals surface area contributed by atoms with Gasteiger partial charge < -0.3 is 24.5 Å². The monoisotopic (exact) mass is 568 g/mol. The van der Waals surface area contributed by atoms with Crippen molar-refractivity contribution in [3.63, 3.8) is 0 Å².